The standard InChI is InChI=1S/C7H15NO/c1-5(4-9-2)6-3-7(6)8/h5-7H,3-4,8H2,1-2H3. The van der Waals surface area contributed by atoms with Crippen LogP contribution in [0.4, 0.5) is 0 Å². The molecule has 0 aliphatic heterocycles. The Kier molecular flexibility index (Phi) is 2.09. The van der Waals surface area contributed by atoms with Crippen molar-refractivity contribution in [3.63, 3.8) is 0 Å². The predicted octanol–water partition coefficient (Wildman–Crippen LogP) is 0.616. The van der Waals surface area contributed by atoms with Gasteiger partial charge in [-0.15, -0.1) is 0 Å². The van der Waals surface area contributed by atoms with Crippen LogP contribution < -0.4 is 5.73 Å². The van der Waals surface area contributed by atoms with Crippen molar-refractivity contribution < 1.29 is 4.74 Å². The number of methoxy groups -OCH3 is 1. The van der Waals surface area contributed by atoms with E-state index in [0.29, 0.717) is 12.0 Å². The summed E-state index contributed by atoms with van der Waals surface area (Å²) < 4.78 is 5.00. The quantitative estimate of drug-likeness (QED) is 0.606. The minimum absolute atomic E-state index is 0.468. The monoisotopic (exact) mass is 129 g/mol. The molecule has 0 amide bonds. The van der Waals surface area contributed by atoms with Gasteiger partial charge in [0.2, 0.25) is 0 Å². The van der Waals surface area contributed by atoms with Crippen LogP contribution in [0.2, 0.25) is 0 Å². The lowest BCUT2D eigenvalue weighted by atomic mass is 10.1. The highest BCUT2D eigenvalue weighted by atomic mass is 16.5. The van der Waals surface area contributed by atoms with Crippen molar-refractivity contribution in [1.82, 2.24) is 0 Å². The number of rotatable bonds is 3. The van der Waals surface area contributed by atoms with Crippen LogP contribution in [0.25, 0.3) is 0 Å². The van der Waals surface area contributed by atoms with Crippen LogP contribution in [0.15, 0.2) is 0 Å². The van der Waals surface area contributed by atoms with Crippen LogP contribution in [-0.4, -0.2) is 19.8 Å². The van der Waals surface area contributed by atoms with Gasteiger partial charge in [0.1, 0.15) is 0 Å². The van der Waals surface area contributed by atoms with Crippen LogP contribution in [0.3, 0.4) is 0 Å². The van der Waals surface area contributed by atoms with Crippen molar-refractivity contribution in [3.8, 4) is 0 Å². The van der Waals surface area contributed by atoms with Gasteiger partial charge in [0.25, 0.3) is 0 Å². The van der Waals surface area contributed by atoms with Gasteiger partial charge in [-0.3, -0.25) is 0 Å². The molecule has 2 N–H and O–H groups in total. The smallest absolute Gasteiger partial charge is 0.0491 e. The number of hydrogen-bond acceptors (Lipinski definition) is 2. The third-order valence-corrected chi connectivity index (χ3v) is 2.05. The van der Waals surface area contributed by atoms with Gasteiger partial charge in [-0.25, -0.2) is 0 Å². The first-order valence-electron chi connectivity index (χ1n) is 3.50. The summed E-state index contributed by atoms with van der Waals surface area (Å²) in [6.07, 6.45) is 1.20. The third-order valence-electron chi connectivity index (χ3n) is 2.05. The number of hydrogen-bond donors (Lipinski definition) is 1. The summed E-state index contributed by atoms with van der Waals surface area (Å²) >= 11 is 0. The molecule has 2 nitrogen and oxygen atoms in total. The van der Waals surface area contributed by atoms with Crippen molar-refractivity contribution in [2.45, 2.75) is 19.4 Å². The highest BCUT2D eigenvalue weighted by Gasteiger charge is 2.37. The van der Waals surface area contributed by atoms with Crippen molar-refractivity contribution in [2.75, 3.05) is 13.7 Å². The fourth-order valence-electron chi connectivity index (χ4n) is 1.28. The van der Waals surface area contributed by atoms with Crippen LogP contribution in [0.1, 0.15) is 13.3 Å². The van der Waals surface area contributed by atoms with Gasteiger partial charge in [-0.05, 0) is 18.3 Å². The molecule has 0 saturated heterocycles. The Bertz CT molecular complexity index is 94.9. The SMILES string of the molecule is COCC(C)C1CC1N. The van der Waals surface area contributed by atoms with Crippen molar-refractivity contribution in [3.05, 3.63) is 0 Å². The van der Waals surface area contributed by atoms with Crippen molar-refractivity contribution in [1.29, 1.82) is 0 Å². The van der Waals surface area contributed by atoms with Gasteiger partial charge in [0.15, 0.2) is 0 Å². The summed E-state index contributed by atoms with van der Waals surface area (Å²) in [5.74, 6) is 1.40. The Balaban J connectivity index is 2.11. The molecule has 0 aromatic heterocycles. The maximum absolute atomic E-state index is 5.64. The molecule has 9 heavy (non-hydrogen) atoms. The maximum Gasteiger partial charge on any atom is 0.0491 e. The predicted molar refractivity (Wildman–Crippen MR) is 37.1 cm³/mol. The number of ether oxygens (including phenoxy) is 1. The van der Waals surface area contributed by atoms with E-state index in [4.69, 9.17) is 10.5 Å². The van der Waals surface area contributed by atoms with E-state index in [1.807, 2.05) is 0 Å². The maximum atomic E-state index is 5.64. The summed E-state index contributed by atoms with van der Waals surface area (Å²) in [5.41, 5.74) is 5.64. The summed E-state index contributed by atoms with van der Waals surface area (Å²) in [4.78, 5) is 0. The van der Waals surface area contributed by atoms with Crippen LogP contribution in [0, 0.1) is 11.8 Å². The largest absolute Gasteiger partial charge is 0.384 e. The molecule has 3 atom stereocenters. The first kappa shape index (κ1) is 7.03. The fraction of sp³-hybridized carbons (Fsp3) is 1.00. The van der Waals surface area contributed by atoms with Crippen LogP contribution >= 0.6 is 0 Å². The lowest BCUT2D eigenvalue weighted by Gasteiger charge is -2.06. The van der Waals surface area contributed by atoms with Gasteiger partial charge >= 0.3 is 0 Å². The topological polar surface area (TPSA) is 35.2 Å². The fourth-order valence-corrected chi connectivity index (χ4v) is 1.28. The van der Waals surface area contributed by atoms with E-state index in [-0.39, 0.29) is 0 Å². The van der Waals surface area contributed by atoms with Gasteiger partial charge in [-0.2, -0.15) is 0 Å². The van der Waals surface area contributed by atoms with Gasteiger partial charge in [-0.1, -0.05) is 6.92 Å². The van der Waals surface area contributed by atoms with Crippen LogP contribution in [-0.2, 0) is 4.74 Å². The number of nitrogens with two attached hydrogens (primary N) is 1. The second kappa shape index (κ2) is 2.67. The molecule has 1 saturated carbocycles. The van der Waals surface area contributed by atoms with E-state index in [9.17, 15) is 0 Å². The Hall–Kier alpha value is -0.0800. The van der Waals surface area contributed by atoms with Crippen LogP contribution in [0.5, 0.6) is 0 Å². The van der Waals surface area contributed by atoms with Crippen molar-refractivity contribution >= 4 is 0 Å². The molecule has 3 unspecified atom stereocenters. The Morgan fingerprint density at radius 3 is 2.67 bits per heavy atom. The molecule has 1 rings (SSSR count). The zero-order valence-electron chi connectivity index (χ0n) is 6.13. The highest BCUT2D eigenvalue weighted by Crippen LogP contribution is 2.35. The normalized spacial score (nSPS) is 36.3. The summed E-state index contributed by atoms with van der Waals surface area (Å²) in [5, 5.41) is 0. The molecular weight excluding hydrogens is 114 g/mol. The second-order valence-corrected chi connectivity index (χ2v) is 3.00. The summed E-state index contributed by atoms with van der Waals surface area (Å²) in [6.45, 7) is 3.05. The molecule has 0 heterocycles. The van der Waals surface area contributed by atoms with E-state index in [0.717, 1.165) is 12.5 Å². The first-order chi connectivity index (χ1) is 4.25. The average Bonchev–Trinajstić information content (AvgIpc) is 2.47. The molecule has 0 radical (unpaired) electrons. The van der Waals surface area contributed by atoms with E-state index >= 15 is 0 Å². The van der Waals surface area contributed by atoms with Gasteiger partial charge in [0, 0.05) is 19.8 Å². The molecule has 1 fully saturated rings. The lowest BCUT2D eigenvalue weighted by Crippen LogP contribution is -2.12. The van der Waals surface area contributed by atoms with E-state index < -0.39 is 0 Å². The van der Waals surface area contributed by atoms with E-state index in [1.54, 1.807) is 7.11 Å². The Morgan fingerprint density at radius 1 is 1.78 bits per heavy atom. The Morgan fingerprint density at radius 2 is 2.33 bits per heavy atom. The zero-order valence-corrected chi connectivity index (χ0v) is 6.13. The molecule has 54 valence electrons. The van der Waals surface area contributed by atoms with Crippen molar-refractivity contribution in [2.24, 2.45) is 17.6 Å². The average molecular weight is 129 g/mol. The molecular formula is C7H15NO. The summed E-state index contributed by atoms with van der Waals surface area (Å²) in [7, 11) is 1.74. The molecule has 0 aromatic rings. The molecule has 2 heteroatoms. The van der Waals surface area contributed by atoms with Gasteiger partial charge in [0.05, 0.1) is 0 Å². The lowest BCUT2D eigenvalue weighted by molar-refractivity contribution is 0.149. The minimum Gasteiger partial charge on any atom is -0.384 e. The zero-order chi connectivity index (χ0) is 6.85. The van der Waals surface area contributed by atoms with E-state index in [2.05, 4.69) is 6.92 Å². The molecule has 0 aromatic carbocycles. The molecule has 0 bridgehead atoms. The molecule has 1 aliphatic carbocycles. The van der Waals surface area contributed by atoms with E-state index in [1.165, 1.54) is 6.42 Å². The molecule has 0 spiro atoms. The first-order valence-corrected chi connectivity index (χ1v) is 3.50. The Labute approximate surface area is 56.4 Å². The minimum atomic E-state index is 0.468. The highest BCUT2D eigenvalue weighted by molar-refractivity contribution is 4.92. The van der Waals surface area contributed by atoms with Gasteiger partial charge < -0.3 is 10.5 Å². The second-order valence-electron chi connectivity index (χ2n) is 3.00. The third kappa shape index (κ3) is 1.66. The molecule has 1 aliphatic rings. The summed E-state index contributed by atoms with van der Waals surface area (Å²) in [6, 6.07) is 0.468.